The van der Waals surface area contributed by atoms with Crippen molar-refractivity contribution in [1.29, 1.82) is 0 Å². The first-order valence-electron chi connectivity index (χ1n) is 9.42. The van der Waals surface area contributed by atoms with E-state index in [4.69, 9.17) is 9.47 Å². The first-order valence-corrected chi connectivity index (χ1v) is 12.9. The zero-order valence-corrected chi connectivity index (χ0v) is 18.2. The molecule has 0 aliphatic carbocycles. The predicted octanol–water partition coefficient (Wildman–Crippen LogP) is 4.27. The van der Waals surface area contributed by atoms with Gasteiger partial charge < -0.3 is 9.47 Å². The van der Waals surface area contributed by atoms with E-state index in [0.717, 1.165) is 17.0 Å². The van der Waals surface area contributed by atoms with Crippen LogP contribution in [0.5, 0.6) is 5.75 Å². The highest BCUT2D eigenvalue weighted by Gasteiger charge is 2.58. The minimum atomic E-state index is -1.61. The zero-order valence-electron chi connectivity index (χ0n) is 17.2. The van der Waals surface area contributed by atoms with Gasteiger partial charge in [-0.1, -0.05) is 55.9 Å². The van der Waals surface area contributed by atoms with Crippen molar-refractivity contribution >= 4 is 19.7 Å². The molecule has 1 fully saturated rings. The molecule has 2 aromatic carbocycles. The number of ether oxygens (including phenoxy) is 2. The highest BCUT2D eigenvalue weighted by atomic mass is 28.3. The number of rotatable bonds is 5. The summed E-state index contributed by atoms with van der Waals surface area (Å²) in [5, 5.41) is 0. The number of hydrogen-bond donors (Lipinski definition) is 0. The molecule has 146 valence electrons. The molecule has 2 aromatic rings. The number of anilines is 1. The number of carbonyl (C=O) groups is 1. The summed E-state index contributed by atoms with van der Waals surface area (Å²) in [7, 11) is 0.0180. The van der Waals surface area contributed by atoms with E-state index >= 15 is 0 Å². The number of β-lactam (4-membered cyclic amide) rings is 1. The van der Waals surface area contributed by atoms with Crippen LogP contribution in [-0.4, -0.2) is 32.7 Å². The Bertz CT molecular complexity index is 893. The van der Waals surface area contributed by atoms with Crippen molar-refractivity contribution < 1.29 is 14.3 Å². The first-order chi connectivity index (χ1) is 13.2. The second-order valence-electron chi connectivity index (χ2n) is 8.20. The summed E-state index contributed by atoms with van der Waals surface area (Å²) in [6, 6.07) is 17.4. The molecule has 2 atom stereocenters. The third-order valence-electron chi connectivity index (χ3n) is 4.70. The summed E-state index contributed by atoms with van der Waals surface area (Å²) in [5.74, 6) is 4.08. The van der Waals surface area contributed by atoms with Crippen molar-refractivity contribution in [2.45, 2.75) is 44.8 Å². The molecule has 0 spiro atoms. The van der Waals surface area contributed by atoms with Crippen molar-refractivity contribution in [3.8, 4) is 17.2 Å². The van der Waals surface area contributed by atoms with Gasteiger partial charge in [0.15, 0.2) is 6.10 Å². The topological polar surface area (TPSA) is 38.8 Å². The Balaban J connectivity index is 1.88. The lowest BCUT2D eigenvalue weighted by Crippen LogP contribution is -2.73. The quantitative estimate of drug-likeness (QED) is 0.433. The van der Waals surface area contributed by atoms with Crippen LogP contribution in [0.4, 0.5) is 5.69 Å². The van der Waals surface area contributed by atoms with Crippen LogP contribution >= 0.6 is 0 Å². The standard InChI is InChI=1S/C23H27NO3Si/c1-23(15-16-28(3,4)5)21(27-17-18-9-7-6-8-10-18)22(25)24(23)19-11-13-20(26-2)14-12-19/h6-14,21H,17H2,1-5H3/t21-,23+/m1/s1. The normalized spacial score (nSPS) is 21.5. The summed E-state index contributed by atoms with van der Waals surface area (Å²) in [4.78, 5) is 14.7. The number of nitrogens with zero attached hydrogens (tertiary/aromatic N) is 1. The molecule has 0 radical (unpaired) electrons. The summed E-state index contributed by atoms with van der Waals surface area (Å²) in [6.45, 7) is 8.96. The van der Waals surface area contributed by atoms with Crippen LogP contribution in [-0.2, 0) is 16.1 Å². The minimum absolute atomic E-state index is 0.0616. The molecule has 1 aliphatic heterocycles. The van der Waals surface area contributed by atoms with Crippen LogP contribution in [0.25, 0.3) is 0 Å². The summed E-state index contributed by atoms with van der Waals surface area (Å²) < 4.78 is 11.3. The molecule has 1 aliphatic rings. The van der Waals surface area contributed by atoms with Crippen molar-refractivity contribution in [1.82, 2.24) is 0 Å². The van der Waals surface area contributed by atoms with Crippen molar-refractivity contribution in [3.05, 3.63) is 60.2 Å². The first kappa shape index (κ1) is 20.2. The highest BCUT2D eigenvalue weighted by molar-refractivity contribution is 6.83. The Morgan fingerprint density at radius 2 is 1.71 bits per heavy atom. The predicted molar refractivity (Wildman–Crippen MR) is 115 cm³/mol. The average molecular weight is 394 g/mol. The fourth-order valence-corrected chi connectivity index (χ4v) is 3.82. The summed E-state index contributed by atoms with van der Waals surface area (Å²) in [6.07, 6.45) is -0.585. The van der Waals surface area contributed by atoms with E-state index in [2.05, 4.69) is 31.1 Å². The van der Waals surface area contributed by atoms with Crippen LogP contribution < -0.4 is 9.64 Å². The van der Waals surface area contributed by atoms with E-state index < -0.39 is 19.7 Å². The molecule has 0 N–H and O–H groups in total. The lowest BCUT2D eigenvalue weighted by Gasteiger charge is -2.52. The molecule has 1 saturated heterocycles. The number of carbonyl (C=O) groups excluding carboxylic acids is 1. The van der Waals surface area contributed by atoms with Crippen LogP contribution in [0.15, 0.2) is 54.6 Å². The Morgan fingerprint density at radius 3 is 2.29 bits per heavy atom. The zero-order chi connectivity index (χ0) is 20.4. The maximum atomic E-state index is 13.0. The maximum Gasteiger partial charge on any atom is 0.261 e. The number of methoxy groups -OCH3 is 1. The third kappa shape index (κ3) is 4.14. The van der Waals surface area contributed by atoms with Gasteiger partial charge in [0, 0.05) is 5.69 Å². The van der Waals surface area contributed by atoms with Gasteiger partial charge in [-0.05, 0) is 36.8 Å². The van der Waals surface area contributed by atoms with E-state index in [-0.39, 0.29) is 5.91 Å². The molecular weight excluding hydrogens is 366 g/mol. The van der Waals surface area contributed by atoms with Crippen molar-refractivity contribution in [2.24, 2.45) is 0 Å². The molecule has 3 rings (SSSR count). The summed E-state index contributed by atoms with van der Waals surface area (Å²) >= 11 is 0. The Kier molecular flexibility index (Phi) is 5.64. The number of benzene rings is 2. The highest BCUT2D eigenvalue weighted by Crippen LogP contribution is 2.39. The van der Waals surface area contributed by atoms with E-state index in [1.165, 1.54) is 0 Å². The van der Waals surface area contributed by atoms with Gasteiger partial charge >= 0.3 is 0 Å². The molecular formula is C23H27NO3Si. The molecule has 4 nitrogen and oxygen atoms in total. The fraction of sp³-hybridized carbons (Fsp3) is 0.348. The monoisotopic (exact) mass is 393 g/mol. The van der Waals surface area contributed by atoms with Gasteiger partial charge in [0.05, 0.1) is 13.7 Å². The molecule has 1 amide bonds. The third-order valence-corrected chi connectivity index (χ3v) is 5.58. The average Bonchev–Trinajstić information content (AvgIpc) is 2.67. The van der Waals surface area contributed by atoms with Gasteiger partial charge in [-0.3, -0.25) is 9.69 Å². The van der Waals surface area contributed by atoms with Crippen molar-refractivity contribution in [2.75, 3.05) is 12.0 Å². The fourth-order valence-electron chi connectivity index (χ4n) is 3.19. The molecule has 1 heterocycles. The SMILES string of the molecule is COc1ccc(N2C(=O)[C@@H](OCc3ccccc3)[C@]2(C)C#C[Si](C)(C)C)cc1. The van der Waals surface area contributed by atoms with Gasteiger partial charge in [-0.25, -0.2) is 0 Å². The smallest absolute Gasteiger partial charge is 0.261 e. The van der Waals surface area contributed by atoms with Crippen molar-refractivity contribution in [3.63, 3.8) is 0 Å². The van der Waals surface area contributed by atoms with E-state index in [1.54, 1.807) is 12.0 Å². The maximum absolute atomic E-state index is 13.0. The molecule has 0 saturated carbocycles. The Morgan fingerprint density at radius 1 is 1.07 bits per heavy atom. The van der Waals surface area contributed by atoms with Crippen LogP contribution in [0.3, 0.4) is 0 Å². The number of hydrogen-bond acceptors (Lipinski definition) is 3. The lowest BCUT2D eigenvalue weighted by atomic mass is 9.82. The Labute approximate surface area is 168 Å². The van der Waals surface area contributed by atoms with Gasteiger partial charge in [0.25, 0.3) is 5.91 Å². The molecule has 28 heavy (non-hydrogen) atoms. The molecule has 0 unspecified atom stereocenters. The van der Waals surface area contributed by atoms with Gasteiger partial charge in [-0.15, -0.1) is 5.54 Å². The minimum Gasteiger partial charge on any atom is -0.497 e. The Hall–Kier alpha value is -2.55. The van der Waals surface area contributed by atoms with Crippen LogP contribution in [0.2, 0.25) is 19.6 Å². The summed E-state index contributed by atoms with van der Waals surface area (Å²) in [5.41, 5.74) is 4.58. The molecule has 0 aromatic heterocycles. The van der Waals surface area contributed by atoms with Gasteiger partial charge in [-0.2, -0.15) is 0 Å². The van der Waals surface area contributed by atoms with E-state index in [0.29, 0.717) is 6.61 Å². The second kappa shape index (κ2) is 7.82. The molecule has 5 heteroatoms. The van der Waals surface area contributed by atoms with Gasteiger partial charge in [0.1, 0.15) is 19.4 Å². The molecule has 0 bridgehead atoms. The lowest BCUT2D eigenvalue weighted by molar-refractivity contribution is -0.146. The van der Waals surface area contributed by atoms with Gasteiger partial charge in [0.2, 0.25) is 0 Å². The second-order valence-corrected chi connectivity index (χ2v) is 12.9. The largest absolute Gasteiger partial charge is 0.497 e. The van der Waals surface area contributed by atoms with Crippen LogP contribution in [0.1, 0.15) is 12.5 Å². The van der Waals surface area contributed by atoms with E-state index in [9.17, 15) is 4.79 Å². The van der Waals surface area contributed by atoms with E-state index in [1.807, 2.05) is 61.5 Å². The number of amides is 1. The van der Waals surface area contributed by atoms with Crippen LogP contribution in [0, 0.1) is 11.5 Å².